The molecule has 0 aromatic heterocycles. The van der Waals surface area contributed by atoms with Gasteiger partial charge in [-0.05, 0) is 44.4 Å². The third-order valence-electron chi connectivity index (χ3n) is 4.49. The summed E-state index contributed by atoms with van der Waals surface area (Å²) in [5, 5.41) is 23.6. The first-order chi connectivity index (χ1) is 10.2. The average molecular weight is 286 g/mol. The van der Waals surface area contributed by atoms with Gasteiger partial charge in [-0.2, -0.15) is 5.26 Å². The van der Waals surface area contributed by atoms with Crippen molar-refractivity contribution in [3.63, 3.8) is 0 Å². The Morgan fingerprint density at radius 3 is 2.90 bits per heavy atom. The minimum atomic E-state index is -0.471. The Morgan fingerprint density at radius 1 is 1.38 bits per heavy atom. The maximum atomic E-state index is 11.1. The molecule has 2 atom stereocenters. The topological polar surface area (TPSA) is 82.2 Å². The highest BCUT2D eigenvalue weighted by atomic mass is 16.6. The second-order valence-electron chi connectivity index (χ2n) is 5.68. The molecule has 21 heavy (non-hydrogen) atoms. The van der Waals surface area contributed by atoms with Crippen molar-refractivity contribution in [1.82, 2.24) is 5.32 Å². The Hall–Kier alpha value is -2.13. The molecule has 0 aliphatic carbocycles. The molecule has 2 heterocycles. The van der Waals surface area contributed by atoms with Crippen molar-refractivity contribution in [2.75, 3.05) is 18.0 Å². The van der Waals surface area contributed by atoms with Crippen LogP contribution in [0.2, 0.25) is 0 Å². The number of nitriles is 1. The standard InChI is InChI=1S/C15H18N4O2/c16-10-11-5-6-12(9-15(11)19(20)21)18-8-2-4-14(18)13-3-1-7-17-13/h5-6,9,13-14,17H,1-4,7-8H2. The van der Waals surface area contributed by atoms with Crippen LogP contribution in [0.15, 0.2) is 18.2 Å². The lowest BCUT2D eigenvalue weighted by atomic mass is 10.0. The molecule has 2 aliphatic rings. The second-order valence-corrected chi connectivity index (χ2v) is 5.68. The van der Waals surface area contributed by atoms with Gasteiger partial charge in [-0.15, -0.1) is 0 Å². The zero-order chi connectivity index (χ0) is 14.8. The number of hydrogen-bond donors (Lipinski definition) is 1. The Bertz CT molecular complexity index is 590. The summed E-state index contributed by atoms with van der Waals surface area (Å²) in [7, 11) is 0. The SMILES string of the molecule is N#Cc1ccc(N2CCCC2C2CCCN2)cc1[N+](=O)[O-]. The third kappa shape index (κ3) is 2.57. The predicted molar refractivity (Wildman–Crippen MR) is 79.2 cm³/mol. The molecule has 3 rings (SSSR count). The lowest BCUT2D eigenvalue weighted by molar-refractivity contribution is -0.385. The van der Waals surface area contributed by atoms with E-state index >= 15 is 0 Å². The molecule has 0 saturated carbocycles. The average Bonchev–Trinajstić information content (AvgIpc) is 3.16. The first-order valence-electron chi connectivity index (χ1n) is 7.39. The molecule has 6 heteroatoms. The lowest BCUT2D eigenvalue weighted by Crippen LogP contribution is -2.44. The zero-order valence-electron chi connectivity index (χ0n) is 11.8. The number of rotatable bonds is 3. The molecule has 110 valence electrons. The fraction of sp³-hybridized carbons (Fsp3) is 0.533. The molecule has 0 bridgehead atoms. The summed E-state index contributed by atoms with van der Waals surface area (Å²) in [5.41, 5.74) is 0.885. The third-order valence-corrected chi connectivity index (χ3v) is 4.49. The van der Waals surface area contributed by atoms with E-state index in [0.717, 1.165) is 31.6 Å². The van der Waals surface area contributed by atoms with E-state index in [4.69, 9.17) is 5.26 Å². The van der Waals surface area contributed by atoms with E-state index in [1.165, 1.54) is 12.8 Å². The van der Waals surface area contributed by atoms with Gasteiger partial charge < -0.3 is 10.2 Å². The van der Waals surface area contributed by atoms with E-state index in [9.17, 15) is 10.1 Å². The molecular weight excluding hydrogens is 268 g/mol. The van der Waals surface area contributed by atoms with Crippen molar-refractivity contribution in [1.29, 1.82) is 5.26 Å². The Labute approximate surface area is 123 Å². The first kappa shape index (κ1) is 13.8. The van der Waals surface area contributed by atoms with Gasteiger partial charge in [0.2, 0.25) is 0 Å². The number of benzene rings is 1. The van der Waals surface area contributed by atoms with Gasteiger partial charge in [-0.1, -0.05) is 0 Å². The first-order valence-corrected chi connectivity index (χ1v) is 7.39. The van der Waals surface area contributed by atoms with Crippen molar-refractivity contribution < 1.29 is 4.92 Å². The Morgan fingerprint density at radius 2 is 2.24 bits per heavy atom. The van der Waals surface area contributed by atoms with Crippen LogP contribution in [-0.2, 0) is 0 Å². The summed E-state index contributed by atoms with van der Waals surface area (Å²) in [5.74, 6) is 0. The number of hydrogen-bond acceptors (Lipinski definition) is 5. The van der Waals surface area contributed by atoms with Gasteiger partial charge in [0.05, 0.1) is 4.92 Å². The van der Waals surface area contributed by atoms with Crippen LogP contribution in [0.5, 0.6) is 0 Å². The van der Waals surface area contributed by atoms with E-state index in [1.807, 2.05) is 12.1 Å². The van der Waals surface area contributed by atoms with Gasteiger partial charge in [-0.3, -0.25) is 10.1 Å². The summed E-state index contributed by atoms with van der Waals surface area (Å²) in [4.78, 5) is 12.9. The van der Waals surface area contributed by atoms with Crippen molar-refractivity contribution in [2.24, 2.45) is 0 Å². The number of nitrogens with one attached hydrogen (secondary N) is 1. The summed E-state index contributed by atoms with van der Waals surface area (Å²) >= 11 is 0. The van der Waals surface area contributed by atoms with Crippen LogP contribution in [0.3, 0.4) is 0 Å². The van der Waals surface area contributed by atoms with Crippen molar-refractivity contribution >= 4 is 11.4 Å². The van der Waals surface area contributed by atoms with Crippen molar-refractivity contribution in [2.45, 2.75) is 37.8 Å². The number of nitro groups is 1. The van der Waals surface area contributed by atoms with E-state index < -0.39 is 4.92 Å². The molecule has 1 aromatic rings. The van der Waals surface area contributed by atoms with E-state index in [1.54, 1.807) is 12.1 Å². The maximum absolute atomic E-state index is 11.1. The molecule has 6 nitrogen and oxygen atoms in total. The normalized spacial score (nSPS) is 25.0. The highest BCUT2D eigenvalue weighted by Crippen LogP contribution is 2.33. The molecular formula is C15H18N4O2. The fourth-order valence-electron chi connectivity index (χ4n) is 3.52. The Balaban J connectivity index is 1.90. The molecule has 0 amide bonds. The smallest absolute Gasteiger partial charge is 0.289 e. The van der Waals surface area contributed by atoms with Crippen molar-refractivity contribution in [3.05, 3.63) is 33.9 Å². The molecule has 0 radical (unpaired) electrons. The molecule has 1 N–H and O–H groups in total. The molecule has 2 saturated heterocycles. The zero-order valence-corrected chi connectivity index (χ0v) is 11.8. The highest BCUT2D eigenvalue weighted by Gasteiger charge is 2.34. The van der Waals surface area contributed by atoms with Crippen LogP contribution >= 0.6 is 0 Å². The number of anilines is 1. The molecule has 2 fully saturated rings. The minimum absolute atomic E-state index is 0.0972. The van der Waals surface area contributed by atoms with Crippen LogP contribution in [0.1, 0.15) is 31.2 Å². The van der Waals surface area contributed by atoms with Gasteiger partial charge >= 0.3 is 0 Å². The van der Waals surface area contributed by atoms with Crippen molar-refractivity contribution in [3.8, 4) is 6.07 Å². The van der Waals surface area contributed by atoms with E-state index in [-0.39, 0.29) is 11.3 Å². The largest absolute Gasteiger partial charge is 0.367 e. The van der Waals surface area contributed by atoms with Gasteiger partial charge in [0, 0.05) is 30.4 Å². The van der Waals surface area contributed by atoms with E-state index in [2.05, 4.69) is 10.2 Å². The fourth-order valence-corrected chi connectivity index (χ4v) is 3.52. The Kier molecular flexibility index (Phi) is 3.76. The van der Waals surface area contributed by atoms with Crippen LogP contribution in [0.25, 0.3) is 0 Å². The highest BCUT2D eigenvalue weighted by molar-refractivity contribution is 5.61. The molecule has 0 spiro atoms. The molecule has 1 aromatic carbocycles. The summed E-state index contributed by atoms with van der Waals surface area (Å²) < 4.78 is 0. The van der Waals surface area contributed by atoms with Gasteiger partial charge in [0.1, 0.15) is 11.6 Å². The van der Waals surface area contributed by atoms with E-state index in [0.29, 0.717) is 12.1 Å². The monoisotopic (exact) mass is 286 g/mol. The lowest BCUT2D eigenvalue weighted by Gasteiger charge is -2.31. The van der Waals surface area contributed by atoms with Gasteiger partial charge in [0.15, 0.2) is 0 Å². The van der Waals surface area contributed by atoms with Crippen LogP contribution < -0.4 is 10.2 Å². The molecule has 2 unspecified atom stereocenters. The van der Waals surface area contributed by atoms with Crippen LogP contribution in [0.4, 0.5) is 11.4 Å². The minimum Gasteiger partial charge on any atom is -0.367 e. The summed E-state index contributed by atoms with van der Waals surface area (Å²) in [6.07, 6.45) is 4.59. The van der Waals surface area contributed by atoms with Crippen LogP contribution in [0, 0.1) is 21.4 Å². The quantitative estimate of drug-likeness (QED) is 0.680. The summed E-state index contributed by atoms with van der Waals surface area (Å²) in [6.45, 7) is 1.98. The maximum Gasteiger partial charge on any atom is 0.289 e. The second kappa shape index (κ2) is 5.70. The van der Waals surface area contributed by atoms with Crippen LogP contribution in [-0.4, -0.2) is 30.1 Å². The van der Waals surface area contributed by atoms with Gasteiger partial charge in [-0.25, -0.2) is 0 Å². The number of nitro benzene ring substituents is 1. The number of nitrogens with zero attached hydrogens (tertiary/aromatic N) is 3. The molecule has 2 aliphatic heterocycles. The van der Waals surface area contributed by atoms with Gasteiger partial charge in [0.25, 0.3) is 5.69 Å². The summed E-state index contributed by atoms with van der Waals surface area (Å²) in [6, 6.07) is 7.71. The predicted octanol–water partition coefficient (Wildman–Crippen LogP) is 2.19.